The summed E-state index contributed by atoms with van der Waals surface area (Å²) < 4.78 is 29.6. The molecule has 4 aromatic rings. The molecule has 2 aromatic carbocycles. The third-order valence-electron chi connectivity index (χ3n) is 4.32. The number of benzene rings is 2. The van der Waals surface area contributed by atoms with Gasteiger partial charge in [-0.1, -0.05) is 31.9 Å². The Labute approximate surface area is 169 Å². The van der Waals surface area contributed by atoms with Crippen LogP contribution in [-0.4, -0.2) is 29.5 Å². The Bertz CT molecular complexity index is 1360. The maximum atomic E-state index is 13.4. The van der Waals surface area contributed by atoms with Crippen LogP contribution in [0.4, 0.5) is 8.78 Å². The van der Waals surface area contributed by atoms with Crippen LogP contribution in [0.15, 0.2) is 56.7 Å². The molecule has 0 aliphatic rings. The number of aromatic nitrogens is 5. The van der Waals surface area contributed by atoms with Crippen LogP contribution in [0, 0.1) is 11.6 Å². The molecule has 11 heteroatoms. The van der Waals surface area contributed by atoms with Gasteiger partial charge in [-0.2, -0.15) is 0 Å². The summed E-state index contributed by atoms with van der Waals surface area (Å²) in [5.41, 5.74) is -0.567. The van der Waals surface area contributed by atoms with Crippen molar-refractivity contribution in [2.75, 3.05) is 0 Å². The topological polar surface area (TPSA) is 94.9 Å². The highest BCUT2D eigenvalue weighted by molar-refractivity contribution is 9.10. The average molecular weight is 464 g/mol. The monoisotopic (exact) mass is 463 g/mol. The van der Waals surface area contributed by atoms with E-state index < -0.39 is 22.9 Å². The molecule has 0 saturated carbocycles. The maximum Gasteiger partial charge on any atom is 0.365 e. The van der Waals surface area contributed by atoms with E-state index in [0.29, 0.717) is 21.2 Å². The number of hydrogen-bond donors (Lipinski definition) is 1. The molecule has 0 unspecified atom stereocenters. The fourth-order valence-corrected chi connectivity index (χ4v) is 3.32. The first kappa shape index (κ1) is 19.0. The van der Waals surface area contributed by atoms with E-state index >= 15 is 0 Å². The van der Waals surface area contributed by atoms with Gasteiger partial charge in [-0.3, -0.25) is 9.36 Å². The van der Waals surface area contributed by atoms with E-state index in [1.165, 1.54) is 27.6 Å². The molecule has 0 amide bonds. The second kappa shape index (κ2) is 7.24. The van der Waals surface area contributed by atoms with Gasteiger partial charge in [-0.15, -0.1) is 5.10 Å². The summed E-state index contributed by atoms with van der Waals surface area (Å²) in [5, 5.41) is 17.9. The van der Waals surface area contributed by atoms with Crippen molar-refractivity contribution in [1.82, 2.24) is 24.3 Å². The lowest BCUT2D eigenvalue weighted by atomic mass is 10.2. The molecular formula is C18H12BrF2N5O3. The van der Waals surface area contributed by atoms with Gasteiger partial charge >= 0.3 is 5.69 Å². The summed E-state index contributed by atoms with van der Waals surface area (Å²) in [6, 6.07) is 8.26. The third kappa shape index (κ3) is 3.56. The first-order valence-electron chi connectivity index (χ1n) is 8.31. The summed E-state index contributed by atoms with van der Waals surface area (Å²) in [4.78, 5) is 24.5. The molecule has 0 saturated heterocycles. The third-order valence-corrected chi connectivity index (χ3v) is 4.81. The van der Waals surface area contributed by atoms with Crippen molar-refractivity contribution in [3.8, 4) is 0 Å². The van der Waals surface area contributed by atoms with Gasteiger partial charge < -0.3 is 5.21 Å². The van der Waals surface area contributed by atoms with Crippen LogP contribution in [0.25, 0.3) is 10.9 Å². The quantitative estimate of drug-likeness (QED) is 0.467. The van der Waals surface area contributed by atoms with E-state index in [0.717, 1.165) is 12.1 Å². The molecule has 1 N–H and O–H groups in total. The lowest BCUT2D eigenvalue weighted by molar-refractivity contribution is 0.158. The molecule has 8 nitrogen and oxygen atoms in total. The van der Waals surface area contributed by atoms with Crippen molar-refractivity contribution in [3.05, 3.63) is 90.8 Å². The average Bonchev–Trinajstić information content (AvgIpc) is 3.13. The highest BCUT2D eigenvalue weighted by atomic mass is 79.9. The first-order valence-corrected chi connectivity index (χ1v) is 9.10. The summed E-state index contributed by atoms with van der Waals surface area (Å²) in [5.74, 6) is -1.90. The Balaban J connectivity index is 1.69. The van der Waals surface area contributed by atoms with Crippen molar-refractivity contribution in [3.63, 3.8) is 0 Å². The van der Waals surface area contributed by atoms with Gasteiger partial charge in [0.2, 0.25) is 0 Å². The van der Waals surface area contributed by atoms with Crippen molar-refractivity contribution >= 4 is 26.8 Å². The van der Waals surface area contributed by atoms with Gasteiger partial charge in [0.05, 0.1) is 30.2 Å². The normalized spacial score (nSPS) is 11.3. The zero-order chi connectivity index (χ0) is 20.7. The smallest absolute Gasteiger partial charge is 0.365 e. The van der Waals surface area contributed by atoms with E-state index in [9.17, 15) is 23.6 Å². The Morgan fingerprint density at radius 2 is 1.83 bits per heavy atom. The standard InChI is InChI=1S/C18H12BrF2N5O3/c19-11-2-4-16-13(6-11)17(27)26(29)18(28)25(16)9-12-8-24(23-22-12)7-10-1-3-14(20)15(21)5-10/h1-6,8,29H,7,9H2. The Morgan fingerprint density at radius 3 is 2.59 bits per heavy atom. The molecule has 29 heavy (non-hydrogen) atoms. The molecule has 0 spiro atoms. The molecule has 0 aliphatic heterocycles. The fraction of sp³-hybridized carbons (Fsp3) is 0.111. The molecule has 0 atom stereocenters. The highest BCUT2D eigenvalue weighted by Gasteiger charge is 2.14. The molecule has 0 fully saturated rings. The Hall–Kier alpha value is -3.34. The molecule has 148 valence electrons. The lowest BCUT2D eigenvalue weighted by Crippen LogP contribution is -2.39. The Morgan fingerprint density at radius 1 is 1.03 bits per heavy atom. The van der Waals surface area contributed by atoms with Crippen LogP contribution in [0.3, 0.4) is 0 Å². The predicted molar refractivity (Wildman–Crippen MR) is 102 cm³/mol. The van der Waals surface area contributed by atoms with Gasteiger partial charge in [-0.25, -0.2) is 18.3 Å². The number of halogens is 3. The summed E-state index contributed by atoms with van der Waals surface area (Å²) in [7, 11) is 0. The van der Waals surface area contributed by atoms with Gasteiger partial charge in [0.1, 0.15) is 5.69 Å². The SMILES string of the molecule is O=c1c2cc(Br)ccc2n(Cc2cn(Cc3ccc(F)c(F)c3)nn2)c(=O)n1O. The zero-order valence-corrected chi connectivity index (χ0v) is 16.2. The van der Waals surface area contributed by atoms with Crippen LogP contribution in [0.2, 0.25) is 0 Å². The largest absolute Gasteiger partial charge is 0.421 e. The molecule has 0 aliphatic carbocycles. The van der Waals surface area contributed by atoms with E-state index in [1.54, 1.807) is 12.1 Å². The van der Waals surface area contributed by atoms with Crippen LogP contribution in [-0.2, 0) is 13.1 Å². The molecule has 2 aromatic heterocycles. The van der Waals surface area contributed by atoms with Crippen molar-refractivity contribution in [1.29, 1.82) is 0 Å². The van der Waals surface area contributed by atoms with Crippen molar-refractivity contribution in [2.45, 2.75) is 13.1 Å². The molecule has 0 bridgehead atoms. The van der Waals surface area contributed by atoms with E-state index in [2.05, 4.69) is 26.2 Å². The molecule has 2 heterocycles. The van der Waals surface area contributed by atoms with Crippen LogP contribution < -0.4 is 11.2 Å². The van der Waals surface area contributed by atoms with Crippen molar-refractivity contribution < 1.29 is 14.0 Å². The second-order valence-electron chi connectivity index (χ2n) is 6.30. The number of rotatable bonds is 4. The number of fused-ring (bicyclic) bond motifs is 1. The van der Waals surface area contributed by atoms with Crippen LogP contribution in [0.1, 0.15) is 11.3 Å². The molecule has 0 radical (unpaired) electrons. The summed E-state index contributed by atoms with van der Waals surface area (Å²) in [6.07, 6.45) is 1.53. The fourth-order valence-electron chi connectivity index (χ4n) is 2.96. The maximum absolute atomic E-state index is 13.4. The van der Waals surface area contributed by atoms with Crippen molar-refractivity contribution in [2.24, 2.45) is 0 Å². The van der Waals surface area contributed by atoms with E-state index in [4.69, 9.17) is 0 Å². The minimum Gasteiger partial charge on any atom is -0.421 e. The molecule has 4 rings (SSSR count). The van der Waals surface area contributed by atoms with Crippen LogP contribution >= 0.6 is 15.9 Å². The zero-order valence-electron chi connectivity index (χ0n) is 14.6. The highest BCUT2D eigenvalue weighted by Crippen LogP contribution is 2.16. The van der Waals surface area contributed by atoms with Gasteiger partial charge in [0.25, 0.3) is 5.56 Å². The summed E-state index contributed by atoms with van der Waals surface area (Å²) in [6.45, 7) is 0.0852. The van der Waals surface area contributed by atoms with E-state index in [1.807, 2.05) is 0 Å². The number of hydrogen-bond acceptors (Lipinski definition) is 5. The van der Waals surface area contributed by atoms with Gasteiger partial charge in [0.15, 0.2) is 11.6 Å². The predicted octanol–water partition coefficient (Wildman–Crippen LogP) is 2.13. The Kier molecular flexibility index (Phi) is 4.74. The van der Waals surface area contributed by atoms with E-state index in [-0.39, 0.29) is 23.2 Å². The summed E-state index contributed by atoms with van der Waals surface area (Å²) >= 11 is 3.25. The van der Waals surface area contributed by atoms with Gasteiger partial charge in [-0.05, 0) is 35.9 Å². The van der Waals surface area contributed by atoms with Crippen LogP contribution in [0.5, 0.6) is 0 Å². The minimum atomic E-state index is -0.961. The lowest BCUT2D eigenvalue weighted by Gasteiger charge is -2.09. The molecular weight excluding hydrogens is 452 g/mol. The minimum absolute atomic E-state index is 0.0422. The van der Waals surface area contributed by atoms with Gasteiger partial charge in [0, 0.05) is 4.47 Å². The second-order valence-corrected chi connectivity index (χ2v) is 7.22. The number of nitrogens with zero attached hydrogens (tertiary/aromatic N) is 5. The first-order chi connectivity index (χ1) is 13.8.